The molecule has 7 heterocycles. The van der Waals surface area contributed by atoms with Crippen LogP contribution in [0.2, 0.25) is 0 Å². The van der Waals surface area contributed by atoms with Crippen molar-refractivity contribution in [3.05, 3.63) is 79.0 Å². The van der Waals surface area contributed by atoms with Gasteiger partial charge in [-0.3, -0.25) is 24.6 Å². The number of hydrogen-bond acceptors (Lipinski definition) is 8. The molecule has 2 amide bonds. The first-order valence-corrected chi connectivity index (χ1v) is 17.3. The summed E-state index contributed by atoms with van der Waals surface area (Å²) in [6.45, 7) is 7.51. The number of imidazole rings is 1. The van der Waals surface area contributed by atoms with E-state index in [1.165, 1.54) is 5.57 Å². The summed E-state index contributed by atoms with van der Waals surface area (Å²) >= 11 is 0. The summed E-state index contributed by atoms with van der Waals surface area (Å²) in [5.74, 6) is 0.824. The number of carbonyl (C=O) groups excluding carboxylic acids is 2. The van der Waals surface area contributed by atoms with Crippen molar-refractivity contribution in [3.63, 3.8) is 0 Å². The van der Waals surface area contributed by atoms with Crippen LogP contribution in [-0.4, -0.2) is 96.7 Å². The second-order valence-electron chi connectivity index (χ2n) is 14.0. The van der Waals surface area contributed by atoms with Crippen LogP contribution in [0.3, 0.4) is 0 Å². The molecule has 5 aromatic rings. The molecule has 0 bridgehead atoms. The Hall–Kier alpha value is -5.36. The van der Waals surface area contributed by atoms with E-state index in [4.69, 9.17) is 4.74 Å². The van der Waals surface area contributed by atoms with Gasteiger partial charge in [0.05, 0.1) is 35.6 Å². The molecule has 2 fully saturated rings. The molecule has 3 aliphatic heterocycles. The molecule has 0 unspecified atom stereocenters. The third-order valence-corrected chi connectivity index (χ3v) is 10.2. The fourth-order valence-corrected chi connectivity index (χ4v) is 7.49. The Morgan fingerprint density at radius 2 is 1.82 bits per heavy atom. The van der Waals surface area contributed by atoms with Crippen molar-refractivity contribution >= 4 is 34.0 Å². The van der Waals surface area contributed by atoms with Gasteiger partial charge < -0.3 is 19.1 Å². The molecule has 0 aliphatic carbocycles. The number of rotatable bonds is 8. The molecule has 1 spiro atoms. The summed E-state index contributed by atoms with van der Waals surface area (Å²) in [5.41, 5.74) is 6.93. The Balaban J connectivity index is 0.889. The first-order valence-electron chi connectivity index (χ1n) is 17.3. The molecular formula is C38H41N9O3. The highest BCUT2D eigenvalue weighted by atomic mass is 16.5. The van der Waals surface area contributed by atoms with E-state index in [-0.39, 0.29) is 17.9 Å². The van der Waals surface area contributed by atoms with Gasteiger partial charge >= 0.3 is 0 Å². The van der Waals surface area contributed by atoms with Crippen molar-refractivity contribution in [2.75, 3.05) is 44.2 Å². The van der Waals surface area contributed by atoms with E-state index in [0.717, 1.165) is 70.6 Å². The number of amides is 2. The fourth-order valence-electron chi connectivity index (χ4n) is 7.49. The van der Waals surface area contributed by atoms with Crippen LogP contribution in [0.25, 0.3) is 39.1 Å². The van der Waals surface area contributed by atoms with Crippen LogP contribution < -0.4 is 9.64 Å². The predicted octanol–water partition coefficient (Wildman–Crippen LogP) is 4.95. The predicted molar refractivity (Wildman–Crippen MR) is 191 cm³/mol. The number of aromatic nitrogens is 6. The number of nitrogens with one attached hydrogen (secondary N) is 1. The SMILES string of the molecule is CC(C)Oc1ccc(-c2n[nH]c3ccc(N4CC[C@]5(CCN(CC(=O)N6CC=C(c7ccc(-c8cn(C)cn8)nc7)CC6)C5)C4=O)cc23)cn1. The Morgan fingerprint density at radius 1 is 0.980 bits per heavy atom. The Bertz CT molecular complexity index is 2080. The standard InChI is InChI=1S/C38H41N9O3/c1-25(2)50-34-9-5-28(20-40-34)36-30-18-29(6-8-31(30)42-43-36)47-17-13-38(37(47)49)12-16-45(23-38)22-35(48)46-14-10-26(11-15-46)27-4-7-32(39-19-27)33-21-44(3)24-41-33/h4-10,18-21,24-25H,11-17,22-23H2,1-3H3,(H,42,43)/t38-/m0/s1. The van der Waals surface area contributed by atoms with Gasteiger partial charge in [0.15, 0.2) is 0 Å². The van der Waals surface area contributed by atoms with E-state index >= 15 is 0 Å². The van der Waals surface area contributed by atoms with Crippen molar-refractivity contribution in [1.82, 2.24) is 39.5 Å². The average molecular weight is 672 g/mol. The highest BCUT2D eigenvalue weighted by Crippen LogP contribution is 2.43. The number of fused-ring (bicyclic) bond motifs is 1. The second-order valence-corrected chi connectivity index (χ2v) is 14.0. The van der Waals surface area contributed by atoms with Crippen molar-refractivity contribution in [3.8, 4) is 28.5 Å². The average Bonchev–Trinajstić information content (AvgIpc) is 3.92. The van der Waals surface area contributed by atoms with Gasteiger partial charge in [-0.1, -0.05) is 12.1 Å². The van der Waals surface area contributed by atoms with Gasteiger partial charge in [0.1, 0.15) is 11.4 Å². The van der Waals surface area contributed by atoms with Crippen molar-refractivity contribution in [2.24, 2.45) is 12.5 Å². The topological polar surface area (TPSA) is 125 Å². The number of benzene rings is 1. The van der Waals surface area contributed by atoms with Crippen LogP contribution in [0, 0.1) is 5.41 Å². The minimum atomic E-state index is -0.464. The molecule has 4 aromatic heterocycles. The summed E-state index contributed by atoms with van der Waals surface area (Å²) in [7, 11) is 1.94. The highest BCUT2D eigenvalue weighted by molar-refractivity contribution is 6.03. The Kier molecular flexibility index (Phi) is 8.18. The van der Waals surface area contributed by atoms with Gasteiger partial charge in [0, 0.05) is 74.5 Å². The fraction of sp³-hybridized carbons (Fsp3) is 0.368. The number of carbonyl (C=O) groups is 2. The van der Waals surface area contributed by atoms with Crippen LogP contribution in [0.4, 0.5) is 5.69 Å². The lowest BCUT2D eigenvalue weighted by atomic mass is 9.85. The maximum atomic E-state index is 14.0. The molecule has 256 valence electrons. The number of aryl methyl sites for hydroxylation is 1. The lowest BCUT2D eigenvalue weighted by Crippen LogP contribution is -2.43. The zero-order valence-corrected chi connectivity index (χ0v) is 28.7. The van der Waals surface area contributed by atoms with Gasteiger partial charge in [-0.25, -0.2) is 9.97 Å². The third-order valence-electron chi connectivity index (χ3n) is 10.2. The quantitative estimate of drug-likeness (QED) is 0.246. The van der Waals surface area contributed by atoms with Gasteiger partial charge in [0.25, 0.3) is 0 Å². The number of ether oxygens (including phenoxy) is 1. The number of pyridine rings is 2. The third kappa shape index (κ3) is 6.04. The summed E-state index contributed by atoms with van der Waals surface area (Å²) in [6.07, 6.45) is 11.9. The molecule has 1 aromatic carbocycles. The van der Waals surface area contributed by atoms with E-state index in [9.17, 15) is 9.59 Å². The van der Waals surface area contributed by atoms with Gasteiger partial charge in [0.2, 0.25) is 17.7 Å². The smallest absolute Gasteiger partial charge is 0.237 e. The Morgan fingerprint density at radius 3 is 2.54 bits per heavy atom. The van der Waals surface area contributed by atoms with E-state index in [1.807, 2.05) is 84.1 Å². The molecule has 1 N–H and O–H groups in total. The van der Waals surface area contributed by atoms with Gasteiger partial charge in [-0.05, 0) is 81.1 Å². The van der Waals surface area contributed by atoms with Crippen molar-refractivity contribution in [2.45, 2.75) is 39.2 Å². The molecule has 50 heavy (non-hydrogen) atoms. The Labute approximate surface area is 290 Å². The van der Waals surface area contributed by atoms with Crippen LogP contribution in [0.1, 0.15) is 38.7 Å². The van der Waals surface area contributed by atoms with Crippen molar-refractivity contribution < 1.29 is 14.3 Å². The summed E-state index contributed by atoms with van der Waals surface area (Å²) in [5, 5.41) is 8.62. The number of nitrogens with zero attached hydrogens (tertiary/aromatic N) is 8. The molecular weight excluding hydrogens is 630 g/mol. The molecule has 0 radical (unpaired) electrons. The lowest BCUT2D eigenvalue weighted by molar-refractivity contribution is -0.132. The number of hydrogen-bond donors (Lipinski definition) is 1. The summed E-state index contributed by atoms with van der Waals surface area (Å²) in [6, 6.07) is 13.9. The first kappa shape index (κ1) is 31.9. The van der Waals surface area contributed by atoms with Gasteiger partial charge in [-0.2, -0.15) is 5.10 Å². The molecule has 0 saturated carbocycles. The first-order chi connectivity index (χ1) is 24.2. The minimum absolute atomic E-state index is 0.0451. The minimum Gasteiger partial charge on any atom is -0.475 e. The van der Waals surface area contributed by atoms with E-state index in [0.29, 0.717) is 38.6 Å². The molecule has 12 heteroatoms. The molecule has 8 rings (SSSR count). The highest BCUT2D eigenvalue weighted by Gasteiger charge is 2.51. The zero-order chi connectivity index (χ0) is 34.4. The number of likely N-dealkylation sites (tertiary alicyclic amines) is 1. The second kappa shape index (κ2) is 12.8. The zero-order valence-electron chi connectivity index (χ0n) is 28.7. The molecule has 1 atom stereocenters. The molecule has 3 aliphatic rings. The van der Waals surface area contributed by atoms with Crippen LogP contribution in [0.5, 0.6) is 5.88 Å². The van der Waals surface area contributed by atoms with Crippen molar-refractivity contribution in [1.29, 1.82) is 0 Å². The normalized spacial score (nSPS) is 19.7. The van der Waals surface area contributed by atoms with Gasteiger partial charge in [-0.15, -0.1) is 0 Å². The molecule has 2 saturated heterocycles. The maximum Gasteiger partial charge on any atom is 0.237 e. The number of aromatic amines is 1. The number of anilines is 1. The van der Waals surface area contributed by atoms with E-state index in [2.05, 4.69) is 42.2 Å². The van der Waals surface area contributed by atoms with Crippen LogP contribution in [0.15, 0.2) is 73.5 Å². The van der Waals surface area contributed by atoms with Crippen LogP contribution in [-0.2, 0) is 16.6 Å². The molecule has 12 nitrogen and oxygen atoms in total. The van der Waals surface area contributed by atoms with E-state index < -0.39 is 5.41 Å². The van der Waals surface area contributed by atoms with E-state index in [1.54, 1.807) is 12.5 Å². The lowest BCUT2D eigenvalue weighted by Gasteiger charge is -2.29. The monoisotopic (exact) mass is 671 g/mol. The number of H-pyrrole nitrogens is 1. The largest absolute Gasteiger partial charge is 0.475 e. The van der Waals surface area contributed by atoms with Crippen LogP contribution >= 0.6 is 0 Å². The summed E-state index contributed by atoms with van der Waals surface area (Å²) < 4.78 is 7.60. The maximum absolute atomic E-state index is 14.0. The summed E-state index contributed by atoms with van der Waals surface area (Å²) in [4.78, 5) is 46.9.